The molecule has 1 saturated carbocycles. The van der Waals surface area contributed by atoms with E-state index in [1.165, 1.54) is 0 Å². The zero-order valence-electron chi connectivity index (χ0n) is 6.41. The molecule has 2 unspecified atom stereocenters. The van der Waals surface area contributed by atoms with E-state index in [-0.39, 0.29) is 12.0 Å². The summed E-state index contributed by atoms with van der Waals surface area (Å²) in [6, 6.07) is 0.154. The average molecular weight is 395 g/mol. The van der Waals surface area contributed by atoms with Crippen LogP contribution < -0.4 is 5.73 Å². The predicted octanol–water partition coefficient (Wildman–Crippen LogP) is 1.42. The number of hydrogen-bond donors (Lipinski definition) is 2. The van der Waals surface area contributed by atoms with Crippen LogP contribution in [-0.2, 0) is 4.79 Å². The molecule has 1 rings (SSSR count). The van der Waals surface area contributed by atoms with Crippen LogP contribution in [-0.4, -0.2) is 25.0 Å². The third-order valence-electron chi connectivity index (χ3n) is 2.20. The highest BCUT2D eigenvalue weighted by molar-refractivity contribution is 14.1. The smallest absolute Gasteiger partial charge is 0.306 e. The first-order valence-electron chi connectivity index (χ1n) is 3.79. The second-order valence-electron chi connectivity index (χ2n) is 3.12. The maximum atomic E-state index is 10.7. The molecule has 3 N–H and O–H groups in total. The summed E-state index contributed by atoms with van der Waals surface area (Å²) in [5.41, 5.74) is 5.88. The molecule has 12 heavy (non-hydrogen) atoms. The first-order valence-corrected chi connectivity index (χ1v) is 6.28. The van der Waals surface area contributed by atoms with Crippen LogP contribution in [0.1, 0.15) is 12.8 Å². The fourth-order valence-electron chi connectivity index (χ4n) is 1.38. The van der Waals surface area contributed by atoms with Crippen molar-refractivity contribution in [1.29, 1.82) is 0 Å². The van der Waals surface area contributed by atoms with Crippen LogP contribution in [0.2, 0.25) is 0 Å². The predicted molar refractivity (Wildman–Crippen MR) is 64.0 cm³/mol. The summed E-state index contributed by atoms with van der Waals surface area (Å²) in [6.45, 7) is 0. The van der Waals surface area contributed by atoms with Gasteiger partial charge in [0.2, 0.25) is 0 Å². The summed E-state index contributed by atoms with van der Waals surface area (Å²) in [5, 5.41) is 8.81. The van der Waals surface area contributed by atoms with Crippen LogP contribution in [0.3, 0.4) is 0 Å². The van der Waals surface area contributed by atoms with E-state index >= 15 is 0 Å². The van der Waals surface area contributed by atoms with E-state index in [0.717, 1.165) is 12.8 Å². The van der Waals surface area contributed by atoms with Crippen LogP contribution in [0.5, 0.6) is 0 Å². The molecule has 0 aromatic rings. The summed E-state index contributed by atoms with van der Waals surface area (Å²) in [6.07, 6.45) is 1.44. The summed E-state index contributed by atoms with van der Waals surface area (Å²) in [5.74, 6) is -0.862. The lowest BCUT2D eigenvalue weighted by molar-refractivity contribution is -0.142. The number of alkyl halides is 2. The molecule has 0 heterocycles. The molecule has 2 atom stereocenters. The highest BCUT2D eigenvalue weighted by Gasteiger charge is 2.35. The van der Waals surface area contributed by atoms with Gasteiger partial charge in [-0.1, -0.05) is 45.2 Å². The van der Waals surface area contributed by atoms with Gasteiger partial charge in [-0.2, -0.15) is 0 Å². The standard InChI is InChI=1S/C7H11I2NO2/c8-4-1-3(7(11)12)2-5(9)6(4)10/h3-6H,1-2,10H2,(H,11,12). The van der Waals surface area contributed by atoms with Gasteiger partial charge in [-0.15, -0.1) is 0 Å². The molecule has 0 amide bonds. The van der Waals surface area contributed by atoms with Gasteiger partial charge in [-0.3, -0.25) is 4.79 Å². The fourth-order valence-corrected chi connectivity index (χ4v) is 4.41. The number of hydrogen-bond acceptors (Lipinski definition) is 2. The third-order valence-corrected chi connectivity index (χ3v) is 4.88. The number of rotatable bonds is 1. The molecule has 0 aromatic carbocycles. The number of carboxylic acids is 1. The third kappa shape index (κ3) is 2.44. The SMILES string of the molecule is NC1C(I)CC(C(=O)O)CC1I. The van der Waals surface area contributed by atoms with E-state index in [4.69, 9.17) is 10.8 Å². The largest absolute Gasteiger partial charge is 0.481 e. The Morgan fingerprint density at radius 2 is 1.75 bits per heavy atom. The van der Waals surface area contributed by atoms with Crippen LogP contribution >= 0.6 is 45.2 Å². The first-order chi connectivity index (χ1) is 5.52. The zero-order chi connectivity index (χ0) is 9.30. The maximum absolute atomic E-state index is 10.7. The quantitative estimate of drug-likeness (QED) is 0.522. The Kier molecular flexibility index (Phi) is 4.03. The Hall–Kier alpha value is 0.890. The Morgan fingerprint density at radius 3 is 2.08 bits per heavy atom. The van der Waals surface area contributed by atoms with Crippen LogP contribution in [0, 0.1) is 5.92 Å². The van der Waals surface area contributed by atoms with E-state index in [0.29, 0.717) is 7.85 Å². The first kappa shape index (κ1) is 11.0. The number of aliphatic carboxylic acids is 1. The number of nitrogens with two attached hydrogens (primary N) is 1. The molecule has 1 aliphatic carbocycles. The van der Waals surface area contributed by atoms with Crippen LogP contribution in [0.4, 0.5) is 0 Å². The monoisotopic (exact) mass is 395 g/mol. The van der Waals surface area contributed by atoms with Crippen LogP contribution in [0.15, 0.2) is 0 Å². The number of halogens is 2. The van der Waals surface area contributed by atoms with E-state index in [1.54, 1.807) is 0 Å². The van der Waals surface area contributed by atoms with Crippen molar-refractivity contribution < 1.29 is 9.90 Å². The Bertz CT molecular complexity index is 176. The van der Waals surface area contributed by atoms with Gasteiger partial charge in [0.05, 0.1) is 5.92 Å². The van der Waals surface area contributed by atoms with Crippen molar-refractivity contribution in [3.8, 4) is 0 Å². The van der Waals surface area contributed by atoms with Gasteiger partial charge in [-0.25, -0.2) is 0 Å². The summed E-state index contributed by atoms with van der Waals surface area (Å²) in [7, 11) is 0. The molecule has 0 spiro atoms. The molecule has 0 bridgehead atoms. The van der Waals surface area contributed by atoms with Crippen LogP contribution in [0.25, 0.3) is 0 Å². The van der Waals surface area contributed by atoms with Crippen molar-refractivity contribution in [2.45, 2.75) is 26.7 Å². The van der Waals surface area contributed by atoms with Crippen molar-refractivity contribution in [2.75, 3.05) is 0 Å². The van der Waals surface area contributed by atoms with Gasteiger partial charge in [0.1, 0.15) is 0 Å². The Balaban J connectivity index is 2.59. The summed E-state index contributed by atoms with van der Waals surface area (Å²) >= 11 is 4.51. The van der Waals surface area contributed by atoms with Gasteiger partial charge in [-0.05, 0) is 12.8 Å². The van der Waals surface area contributed by atoms with Gasteiger partial charge in [0.15, 0.2) is 0 Å². The second kappa shape index (κ2) is 4.41. The average Bonchev–Trinajstić information content (AvgIpc) is 1.99. The number of carboxylic acid groups (broad SMARTS) is 1. The minimum atomic E-state index is -0.676. The topological polar surface area (TPSA) is 63.3 Å². The van der Waals surface area contributed by atoms with Gasteiger partial charge in [0.25, 0.3) is 0 Å². The highest BCUT2D eigenvalue weighted by atomic mass is 127. The van der Waals surface area contributed by atoms with E-state index in [9.17, 15) is 4.79 Å². The summed E-state index contributed by atoms with van der Waals surface area (Å²) < 4.78 is 0.610. The van der Waals surface area contributed by atoms with E-state index in [2.05, 4.69) is 45.2 Å². The molecule has 0 saturated heterocycles. The molecule has 0 aliphatic heterocycles. The number of carbonyl (C=O) groups is 1. The second-order valence-corrected chi connectivity index (χ2v) is 6.32. The minimum absolute atomic E-state index is 0.154. The molecule has 0 aromatic heterocycles. The van der Waals surface area contributed by atoms with Gasteiger partial charge < -0.3 is 10.8 Å². The molecule has 1 fully saturated rings. The normalized spacial score (nSPS) is 42.6. The Morgan fingerprint density at radius 1 is 1.33 bits per heavy atom. The Labute approximate surface area is 98.7 Å². The van der Waals surface area contributed by atoms with E-state index in [1.807, 2.05) is 0 Å². The van der Waals surface area contributed by atoms with Gasteiger partial charge >= 0.3 is 5.97 Å². The van der Waals surface area contributed by atoms with Crippen molar-refractivity contribution in [2.24, 2.45) is 11.7 Å². The van der Waals surface area contributed by atoms with Crippen molar-refractivity contribution >= 4 is 51.2 Å². The molecule has 5 heteroatoms. The lowest BCUT2D eigenvalue weighted by Gasteiger charge is -2.32. The lowest BCUT2D eigenvalue weighted by Crippen LogP contribution is -2.46. The highest BCUT2D eigenvalue weighted by Crippen LogP contribution is 2.33. The molecule has 1 aliphatic rings. The molecular formula is C7H11I2NO2. The van der Waals surface area contributed by atoms with E-state index < -0.39 is 5.97 Å². The lowest BCUT2D eigenvalue weighted by atomic mass is 9.86. The van der Waals surface area contributed by atoms with Gasteiger partial charge in [0, 0.05) is 13.9 Å². The molecular weight excluding hydrogens is 384 g/mol. The molecule has 3 nitrogen and oxygen atoms in total. The van der Waals surface area contributed by atoms with Crippen molar-refractivity contribution in [1.82, 2.24) is 0 Å². The molecule has 70 valence electrons. The fraction of sp³-hybridized carbons (Fsp3) is 0.857. The molecule has 0 radical (unpaired) electrons. The van der Waals surface area contributed by atoms with Crippen molar-refractivity contribution in [3.63, 3.8) is 0 Å². The summed E-state index contributed by atoms with van der Waals surface area (Å²) in [4.78, 5) is 10.7. The minimum Gasteiger partial charge on any atom is -0.481 e. The maximum Gasteiger partial charge on any atom is 0.306 e. The van der Waals surface area contributed by atoms with Crippen molar-refractivity contribution in [3.05, 3.63) is 0 Å². The zero-order valence-corrected chi connectivity index (χ0v) is 10.7.